The van der Waals surface area contributed by atoms with E-state index in [9.17, 15) is 16.8 Å². The van der Waals surface area contributed by atoms with Crippen LogP contribution >= 0.6 is 0 Å². The summed E-state index contributed by atoms with van der Waals surface area (Å²) >= 11 is 0. The Morgan fingerprint density at radius 3 is 1.25 bits per heavy atom. The summed E-state index contributed by atoms with van der Waals surface area (Å²) in [4.78, 5) is 0. The maximum Gasteiger partial charge on any atom is 0.212 e. The summed E-state index contributed by atoms with van der Waals surface area (Å²) < 4.78 is 52.5. The Morgan fingerprint density at radius 2 is 0.917 bits per heavy atom. The average Bonchev–Trinajstić information content (AvgIpc) is 2.59. The third-order valence-corrected chi connectivity index (χ3v) is 6.21. The van der Waals surface area contributed by atoms with Gasteiger partial charge in [0, 0.05) is 13.1 Å². The second kappa shape index (κ2) is 8.39. The molecule has 0 radical (unpaired) electrons. The van der Waals surface area contributed by atoms with Crippen molar-refractivity contribution in [1.29, 1.82) is 0 Å². The van der Waals surface area contributed by atoms with Crippen LogP contribution in [0.15, 0.2) is 60.7 Å². The Kier molecular flexibility index (Phi) is 6.50. The first kappa shape index (κ1) is 18.6. The van der Waals surface area contributed by atoms with Crippen LogP contribution in [-0.4, -0.2) is 28.3 Å². The predicted octanol–water partition coefficient (Wildman–Crippen LogP) is 1.23. The summed E-state index contributed by atoms with van der Waals surface area (Å²) in [7, 11) is -7.33. The molecule has 0 aliphatic rings. The van der Waals surface area contributed by atoms with Gasteiger partial charge in [-0.25, -0.2) is 26.3 Å². The molecule has 8 heteroatoms. The van der Waals surface area contributed by atoms with Gasteiger partial charge in [0.25, 0.3) is 0 Å². The fourth-order valence-corrected chi connectivity index (χ4v) is 4.76. The standard InChI is InChI=1S/C16H20N2O4S2/c19-23(20,17-13-15-7-3-1-4-8-15)11-12-24(21,22)18-14-16-9-5-2-6-10-16/h1-10,17-18H,11-14H2. The molecule has 0 aliphatic heterocycles. The minimum atomic E-state index is -3.67. The molecule has 2 N–H and O–H groups in total. The Bertz CT molecular complexity index is 763. The zero-order valence-corrected chi connectivity index (χ0v) is 14.7. The maximum atomic E-state index is 11.9. The zero-order valence-electron chi connectivity index (χ0n) is 13.1. The van der Waals surface area contributed by atoms with Gasteiger partial charge in [-0.05, 0) is 11.1 Å². The lowest BCUT2D eigenvalue weighted by atomic mass is 10.2. The first-order valence-electron chi connectivity index (χ1n) is 7.39. The molecule has 0 unspecified atom stereocenters. The van der Waals surface area contributed by atoms with Crippen LogP contribution in [0.5, 0.6) is 0 Å². The van der Waals surface area contributed by atoms with E-state index < -0.39 is 31.6 Å². The van der Waals surface area contributed by atoms with E-state index in [-0.39, 0.29) is 13.1 Å². The van der Waals surface area contributed by atoms with Crippen LogP contribution in [-0.2, 0) is 33.1 Å². The van der Waals surface area contributed by atoms with Crippen molar-refractivity contribution in [2.45, 2.75) is 13.1 Å². The summed E-state index contributed by atoms with van der Waals surface area (Å²) in [5.74, 6) is -0.964. The van der Waals surface area contributed by atoms with Crippen molar-refractivity contribution in [3.8, 4) is 0 Å². The molecule has 0 saturated carbocycles. The SMILES string of the molecule is O=S(=O)(CCS(=O)(=O)NCc1ccccc1)NCc1ccccc1. The first-order chi connectivity index (χ1) is 11.4. The van der Waals surface area contributed by atoms with Crippen molar-refractivity contribution in [3.63, 3.8) is 0 Å². The number of sulfonamides is 2. The van der Waals surface area contributed by atoms with Crippen molar-refractivity contribution < 1.29 is 16.8 Å². The van der Waals surface area contributed by atoms with Crippen LogP contribution in [0.4, 0.5) is 0 Å². The Hall–Kier alpha value is -1.74. The lowest BCUT2D eigenvalue weighted by Crippen LogP contribution is -2.33. The van der Waals surface area contributed by atoms with Crippen molar-refractivity contribution in [3.05, 3.63) is 71.8 Å². The zero-order chi connectivity index (χ0) is 17.5. The summed E-state index contributed by atoms with van der Waals surface area (Å²) in [6.07, 6.45) is 0. The Morgan fingerprint density at radius 1 is 0.583 bits per heavy atom. The molecule has 6 nitrogen and oxygen atoms in total. The smallest absolute Gasteiger partial charge is 0.212 e. The highest BCUT2D eigenvalue weighted by Crippen LogP contribution is 2.01. The van der Waals surface area contributed by atoms with E-state index in [1.165, 1.54) is 0 Å². The van der Waals surface area contributed by atoms with Crippen LogP contribution in [0.1, 0.15) is 11.1 Å². The van der Waals surface area contributed by atoms with E-state index >= 15 is 0 Å². The third-order valence-electron chi connectivity index (χ3n) is 3.30. The van der Waals surface area contributed by atoms with Crippen LogP contribution < -0.4 is 9.44 Å². The largest absolute Gasteiger partial charge is 0.212 e. The van der Waals surface area contributed by atoms with E-state index in [0.29, 0.717) is 0 Å². The second-order valence-corrected chi connectivity index (χ2v) is 9.10. The molecule has 2 aromatic rings. The topological polar surface area (TPSA) is 92.3 Å². The number of rotatable bonds is 9. The molecule has 130 valence electrons. The van der Waals surface area contributed by atoms with Gasteiger partial charge in [-0.1, -0.05) is 60.7 Å². The van der Waals surface area contributed by atoms with Crippen molar-refractivity contribution in [1.82, 2.24) is 9.44 Å². The molecule has 0 saturated heterocycles. The first-order valence-corrected chi connectivity index (χ1v) is 10.7. The minimum absolute atomic E-state index is 0.140. The third kappa shape index (κ3) is 6.79. The van der Waals surface area contributed by atoms with Gasteiger partial charge in [-0.2, -0.15) is 0 Å². The Balaban J connectivity index is 1.81. The second-order valence-electron chi connectivity index (χ2n) is 5.25. The van der Waals surface area contributed by atoms with Gasteiger partial charge >= 0.3 is 0 Å². The van der Waals surface area contributed by atoms with E-state index in [1.807, 2.05) is 36.4 Å². The molecule has 24 heavy (non-hydrogen) atoms. The molecular weight excluding hydrogens is 348 g/mol. The summed E-state index contributed by atoms with van der Waals surface area (Å²) in [6.45, 7) is 0.279. The Labute approximate surface area is 143 Å². The van der Waals surface area contributed by atoms with Crippen molar-refractivity contribution >= 4 is 20.0 Å². The molecular formula is C16H20N2O4S2. The summed E-state index contributed by atoms with van der Waals surface area (Å²) in [5.41, 5.74) is 1.62. The summed E-state index contributed by atoms with van der Waals surface area (Å²) in [5, 5.41) is 0. The molecule has 0 atom stereocenters. The van der Waals surface area contributed by atoms with E-state index in [1.54, 1.807) is 24.3 Å². The molecule has 2 aromatic carbocycles. The quantitative estimate of drug-likeness (QED) is 0.696. The monoisotopic (exact) mass is 368 g/mol. The average molecular weight is 368 g/mol. The number of hydrogen-bond donors (Lipinski definition) is 2. The molecule has 0 amide bonds. The highest BCUT2D eigenvalue weighted by atomic mass is 32.2. The van der Waals surface area contributed by atoms with Crippen molar-refractivity contribution in [2.24, 2.45) is 0 Å². The summed E-state index contributed by atoms with van der Waals surface area (Å²) in [6, 6.07) is 18.1. The predicted molar refractivity (Wildman–Crippen MR) is 94.1 cm³/mol. The maximum absolute atomic E-state index is 11.9. The normalized spacial score (nSPS) is 12.2. The van der Waals surface area contributed by atoms with Gasteiger partial charge in [-0.15, -0.1) is 0 Å². The van der Waals surface area contributed by atoms with Crippen LogP contribution in [0.3, 0.4) is 0 Å². The molecule has 2 rings (SSSR count). The number of benzene rings is 2. The van der Waals surface area contributed by atoms with Gasteiger partial charge in [0.15, 0.2) is 0 Å². The van der Waals surface area contributed by atoms with Crippen LogP contribution in [0.2, 0.25) is 0 Å². The molecule has 0 heterocycles. The molecule has 0 spiro atoms. The van der Waals surface area contributed by atoms with Crippen LogP contribution in [0.25, 0.3) is 0 Å². The van der Waals surface area contributed by atoms with Crippen LogP contribution in [0, 0.1) is 0 Å². The lowest BCUT2D eigenvalue weighted by Gasteiger charge is -2.09. The fourth-order valence-electron chi connectivity index (χ4n) is 1.94. The number of hydrogen-bond acceptors (Lipinski definition) is 4. The minimum Gasteiger partial charge on any atom is -0.212 e. The van der Waals surface area contributed by atoms with Gasteiger partial charge in [0.05, 0.1) is 11.5 Å². The highest BCUT2D eigenvalue weighted by Gasteiger charge is 2.17. The van der Waals surface area contributed by atoms with Gasteiger partial charge in [0.1, 0.15) is 0 Å². The van der Waals surface area contributed by atoms with E-state index in [4.69, 9.17) is 0 Å². The van der Waals surface area contributed by atoms with Crippen molar-refractivity contribution in [2.75, 3.05) is 11.5 Å². The molecule has 0 bridgehead atoms. The van der Waals surface area contributed by atoms with Gasteiger partial charge < -0.3 is 0 Å². The highest BCUT2D eigenvalue weighted by molar-refractivity contribution is 7.93. The molecule has 0 aromatic heterocycles. The van der Waals surface area contributed by atoms with E-state index in [2.05, 4.69) is 9.44 Å². The van der Waals surface area contributed by atoms with E-state index in [0.717, 1.165) is 11.1 Å². The fraction of sp³-hybridized carbons (Fsp3) is 0.250. The van der Waals surface area contributed by atoms with Gasteiger partial charge in [0.2, 0.25) is 20.0 Å². The molecule has 0 fully saturated rings. The van der Waals surface area contributed by atoms with Gasteiger partial charge in [-0.3, -0.25) is 0 Å². The lowest BCUT2D eigenvalue weighted by molar-refractivity contribution is 0.572. The molecule has 0 aliphatic carbocycles. The number of nitrogens with one attached hydrogen (secondary N) is 2.